The number of rotatable bonds is 2. The van der Waals surface area contributed by atoms with E-state index in [-0.39, 0.29) is 12.2 Å². The molecule has 0 amide bonds. The van der Waals surface area contributed by atoms with Gasteiger partial charge in [-0.1, -0.05) is 6.08 Å². The molecular weight excluding hydrogens is 228 g/mol. The van der Waals surface area contributed by atoms with Gasteiger partial charge in [-0.2, -0.15) is 0 Å². The summed E-state index contributed by atoms with van der Waals surface area (Å²) < 4.78 is 5.92. The molecule has 0 spiro atoms. The van der Waals surface area contributed by atoms with Gasteiger partial charge in [0.1, 0.15) is 17.6 Å². The van der Waals surface area contributed by atoms with Gasteiger partial charge in [-0.25, -0.2) is 0 Å². The van der Waals surface area contributed by atoms with E-state index in [0.717, 1.165) is 29.7 Å². The molecule has 0 radical (unpaired) electrons. The van der Waals surface area contributed by atoms with Crippen LogP contribution in [0.5, 0.6) is 11.5 Å². The number of phenolic OH excluding ortho intramolecular Hbond substituents is 1. The van der Waals surface area contributed by atoms with Crippen molar-refractivity contribution in [2.45, 2.75) is 43.8 Å². The topological polar surface area (TPSA) is 49.7 Å². The van der Waals surface area contributed by atoms with Crippen molar-refractivity contribution >= 4 is 0 Å². The lowest BCUT2D eigenvalue weighted by atomic mass is 9.81. The van der Waals surface area contributed by atoms with Crippen molar-refractivity contribution in [1.29, 1.82) is 0 Å². The highest BCUT2D eigenvalue weighted by molar-refractivity contribution is 5.51. The van der Waals surface area contributed by atoms with Crippen LogP contribution in [0.25, 0.3) is 0 Å². The first-order chi connectivity index (χ1) is 8.69. The van der Waals surface area contributed by atoms with Gasteiger partial charge in [0, 0.05) is 23.5 Å². The first-order valence-corrected chi connectivity index (χ1v) is 6.50. The molecule has 2 N–H and O–H groups in total. The number of hydrogen-bond acceptors (Lipinski definition) is 3. The zero-order valence-electron chi connectivity index (χ0n) is 10.3. The second-order valence-electron chi connectivity index (χ2n) is 5.24. The van der Waals surface area contributed by atoms with Crippen LogP contribution in [0.1, 0.15) is 36.3 Å². The van der Waals surface area contributed by atoms with Gasteiger partial charge in [-0.3, -0.25) is 0 Å². The number of aromatic hydroxyl groups is 1. The molecule has 1 fully saturated rings. The first-order valence-electron chi connectivity index (χ1n) is 6.50. The maximum atomic E-state index is 10.00. The molecule has 3 unspecified atom stereocenters. The van der Waals surface area contributed by atoms with E-state index < -0.39 is 0 Å². The van der Waals surface area contributed by atoms with Crippen LogP contribution in [-0.4, -0.2) is 22.4 Å². The summed E-state index contributed by atoms with van der Waals surface area (Å²) in [5.74, 6) is 1.52. The third-order valence-electron chi connectivity index (χ3n) is 4.02. The lowest BCUT2D eigenvalue weighted by Gasteiger charge is -2.27. The minimum absolute atomic E-state index is 0.0714. The van der Waals surface area contributed by atoms with Gasteiger partial charge in [-0.15, -0.1) is 6.58 Å². The molecule has 3 rings (SSSR count). The number of allylic oxidation sites excluding steroid dienone is 1. The number of aliphatic hydroxyl groups is 1. The van der Waals surface area contributed by atoms with Gasteiger partial charge in [0.15, 0.2) is 0 Å². The number of aliphatic hydroxyl groups excluding tert-OH is 1. The van der Waals surface area contributed by atoms with Crippen LogP contribution in [0.15, 0.2) is 24.8 Å². The van der Waals surface area contributed by atoms with Gasteiger partial charge in [0.25, 0.3) is 0 Å². The largest absolute Gasteiger partial charge is 0.508 e. The van der Waals surface area contributed by atoms with Crippen LogP contribution >= 0.6 is 0 Å². The molecule has 1 saturated carbocycles. The zero-order chi connectivity index (χ0) is 12.7. The summed E-state index contributed by atoms with van der Waals surface area (Å²) in [4.78, 5) is 0. The molecule has 3 heteroatoms. The molecule has 1 aromatic carbocycles. The van der Waals surface area contributed by atoms with E-state index >= 15 is 0 Å². The predicted molar refractivity (Wildman–Crippen MR) is 69.0 cm³/mol. The molecule has 0 saturated heterocycles. The molecule has 2 aliphatic rings. The van der Waals surface area contributed by atoms with Crippen LogP contribution in [0.2, 0.25) is 0 Å². The highest BCUT2D eigenvalue weighted by atomic mass is 16.5. The highest BCUT2D eigenvalue weighted by Gasteiger charge is 2.39. The minimum Gasteiger partial charge on any atom is -0.508 e. The van der Waals surface area contributed by atoms with E-state index in [1.54, 1.807) is 6.08 Å². The summed E-state index contributed by atoms with van der Waals surface area (Å²) in [6, 6.07) is 3.74. The Kier molecular flexibility index (Phi) is 2.78. The maximum absolute atomic E-state index is 10.00. The van der Waals surface area contributed by atoms with Crippen LogP contribution in [0, 0.1) is 0 Å². The molecule has 3 nitrogen and oxygen atoms in total. The molecule has 3 atom stereocenters. The molecule has 0 aromatic heterocycles. The summed E-state index contributed by atoms with van der Waals surface area (Å²) in [5, 5.41) is 19.7. The number of hydrogen-bond donors (Lipinski definition) is 2. The van der Waals surface area contributed by atoms with Crippen molar-refractivity contribution in [1.82, 2.24) is 0 Å². The normalized spacial score (nSPS) is 29.3. The fourth-order valence-electron chi connectivity index (χ4n) is 3.09. The van der Waals surface area contributed by atoms with Crippen molar-refractivity contribution in [2.24, 2.45) is 0 Å². The Bertz CT molecular complexity index is 481. The SMILES string of the molecule is C=CCc1cc2c(cc1O)C1CCC(O)CC1O2. The molecule has 96 valence electrons. The molecule has 1 aliphatic heterocycles. The molecular formula is C15H18O3. The third-order valence-corrected chi connectivity index (χ3v) is 4.02. The molecule has 1 heterocycles. The van der Waals surface area contributed by atoms with E-state index in [1.165, 1.54) is 0 Å². The van der Waals surface area contributed by atoms with E-state index in [2.05, 4.69) is 6.58 Å². The highest BCUT2D eigenvalue weighted by Crippen LogP contribution is 2.47. The van der Waals surface area contributed by atoms with E-state index in [1.807, 2.05) is 12.1 Å². The van der Waals surface area contributed by atoms with Crippen LogP contribution in [-0.2, 0) is 6.42 Å². The Morgan fingerprint density at radius 1 is 1.39 bits per heavy atom. The number of phenols is 1. The third kappa shape index (κ3) is 1.79. The summed E-state index contributed by atoms with van der Waals surface area (Å²) in [6.07, 6.45) is 4.67. The van der Waals surface area contributed by atoms with Crippen molar-refractivity contribution in [3.05, 3.63) is 35.9 Å². The van der Waals surface area contributed by atoms with Crippen molar-refractivity contribution in [3.8, 4) is 11.5 Å². The lowest BCUT2D eigenvalue weighted by molar-refractivity contribution is 0.0551. The van der Waals surface area contributed by atoms with Crippen molar-refractivity contribution in [3.63, 3.8) is 0 Å². The Balaban J connectivity index is 1.95. The van der Waals surface area contributed by atoms with Gasteiger partial charge in [0.05, 0.1) is 6.10 Å². The average Bonchev–Trinajstić information content (AvgIpc) is 2.66. The van der Waals surface area contributed by atoms with Crippen LogP contribution in [0.4, 0.5) is 0 Å². The van der Waals surface area contributed by atoms with Crippen LogP contribution in [0.3, 0.4) is 0 Å². The fraction of sp³-hybridized carbons (Fsp3) is 0.467. The first kappa shape index (κ1) is 11.6. The second kappa shape index (κ2) is 4.32. The monoisotopic (exact) mass is 246 g/mol. The number of benzene rings is 1. The summed E-state index contributed by atoms with van der Waals surface area (Å²) >= 11 is 0. The lowest BCUT2D eigenvalue weighted by Crippen LogP contribution is -2.30. The van der Waals surface area contributed by atoms with E-state index in [4.69, 9.17) is 4.74 Å². The molecule has 0 bridgehead atoms. The summed E-state index contributed by atoms with van der Waals surface area (Å²) in [7, 11) is 0. The van der Waals surface area contributed by atoms with Crippen LogP contribution < -0.4 is 4.74 Å². The number of fused-ring (bicyclic) bond motifs is 3. The van der Waals surface area contributed by atoms with E-state index in [9.17, 15) is 10.2 Å². The minimum atomic E-state index is -0.248. The Morgan fingerprint density at radius 2 is 2.22 bits per heavy atom. The molecule has 1 aliphatic carbocycles. The Hall–Kier alpha value is -1.48. The summed E-state index contributed by atoms with van der Waals surface area (Å²) in [5.41, 5.74) is 1.94. The Labute approximate surface area is 107 Å². The van der Waals surface area contributed by atoms with E-state index in [0.29, 0.717) is 24.5 Å². The molecule has 18 heavy (non-hydrogen) atoms. The smallest absolute Gasteiger partial charge is 0.123 e. The average molecular weight is 246 g/mol. The maximum Gasteiger partial charge on any atom is 0.123 e. The standard InChI is InChI=1S/C15H18O3/c1-2-3-9-6-14-12(8-13(9)17)11-5-4-10(16)7-15(11)18-14/h2,6,8,10-11,15-17H,1,3-5,7H2. The Morgan fingerprint density at radius 3 is 3.00 bits per heavy atom. The summed E-state index contributed by atoms with van der Waals surface area (Å²) in [6.45, 7) is 3.69. The number of ether oxygens (including phenoxy) is 1. The zero-order valence-corrected chi connectivity index (χ0v) is 10.3. The molecule has 1 aromatic rings. The van der Waals surface area contributed by atoms with Gasteiger partial charge >= 0.3 is 0 Å². The van der Waals surface area contributed by atoms with Gasteiger partial charge in [0.2, 0.25) is 0 Å². The second-order valence-corrected chi connectivity index (χ2v) is 5.24. The fourth-order valence-corrected chi connectivity index (χ4v) is 3.09. The quantitative estimate of drug-likeness (QED) is 0.788. The van der Waals surface area contributed by atoms with Crippen molar-refractivity contribution in [2.75, 3.05) is 0 Å². The van der Waals surface area contributed by atoms with Gasteiger partial charge in [-0.05, 0) is 31.4 Å². The van der Waals surface area contributed by atoms with Crippen molar-refractivity contribution < 1.29 is 14.9 Å². The van der Waals surface area contributed by atoms with Gasteiger partial charge < -0.3 is 14.9 Å². The predicted octanol–water partition coefficient (Wildman–Crippen LogP) is 2.51.